The number of hydrogen-bond donors (Lipinski definition) is 2. The molecule has 5 nitrogen and oxygen atoms in total. The fourth-order valence-electron chi connectivity index (χ4n) is 2.38. The van der Waals surface area contributed by atoms with Crippen LogP contribution in [0.5, 0.6) is 0 Å². The van der Waals surface area contributed by atoms with E-state index in [-0.39, 0.29) is 11.6 Å². The van der Waals surface area contributed by atoms with Gasteiger partial charge >= 0.3 is 0 Å². The van der Waals surface area contributed by atoms with Crippen molar-refractivity contribution in [1.82, 2.24) is 9.55 Å². The molecule has 0 radical (unpaired) electrons. The first-order chi connectivity index (χ1) is 11.0. The predicted octanol–water partition coefficient (Wildman–Crippen LogP) is 3.14. The van der Waals surface area contributed by atoms with Crippen LogP contribution in [-0.2, 0) is 6.54 Å². The highest BCUT2D eigenvalue weighted by Crippen LogP contribution is 2.19. The van der Waals surface area contributed by atoms with E-state index in [1.807, 2.05) is 37.3 Å². The van der Waals surface area contributed by atoms with Gasteiger partial charge in [-0.15, -0.1) is 0 Å². The van der Waals surface area contributed by atoms with Crippen molar-refractivity contribution in [2.75, 3.05) is 5.32 Å². The highest BCUT2D eigenvalue weighted by atomic mass is 35.5. The average Bonchev–Trinajstić information content (AvgIpc) is 2.53. The van der Waals surface area contributed by atoms with Crippen LogP contribution in [0.1, 0.15) is 6.92 Å². The molecule has 1 aromatic heterocycles. The molecule has 3 N–H and O–H groups in total. The van der Waals surface area contributed by atoms with E-state index in [0.29, 0.717) is 28.4 Å². The molecule has 0 saturated carbocycles. The molecular formula is C17H17ClN4O. The molecule has 6 heteroatoms. The second-order valence-electron chi connectivity index (χ2n) is 5.48. The molecule has 3 aromatic rings. The SMILES string of the molecule is CC(N)Cn1c(Nc2ccc(Cl)cc2)nc2ccccc2c1=O. The van der Waals surface area contributed by atoms with E-state index < -0.39 is 0 Å². The minimum atomic E-state index is -0.165. The summed E-state index contributed by atoms with van der Waals surface area (Å²) in [4.78, 5) is 17.3. The molecule has 0 bridgehead atoms. The van der Waals surface area contributed by atoms with E-state index in [1.165, 1.54) is 0 Å². The molecule has 0 fully saturated rings. The van der Waals surface area contributed by atoms with Crippen molar-refractivity contribution < 1.29 is 0 Å². The van der Waals surface area contributed by atoms with Crippen LogP contribution in [0.25, 0.3) is 10.9 Å². The summed E-state index contributed by atoms with van der Waals surface area (Å²) in [5.41, 5.74) is 7.23. The second-order valence-corrected chi connectivity index (χ2v) is 5.91. The van der Waals surface area contributed by atoms with Gasteiger partial charge in [-0.1, -0.05) is 23.7 Å². The molecule has 0 aliphatic carbocycles. The standard InChI is InChI=1S/C17H17ClN4O/c1-11(19)10-22-16(23)14-4-2-3-5-15(14)21-17(22)20-13-8-6-12(18)7-9-13/h2-9,11H,10,19H2,1H3,(H,20,21). The second kappa shape index (κ2) is 6.40. The first-order valence-electron chi connectivity index (χ1n) is 7.32. The van der Waals surface area contributed by atoms with Crippen LogP contribution in [0.4, 0.5) is 11.6 Å². The average molecular weight is 329 g/mol. The number of rotatable bonds is 4. The van der Waals surface area contributed by atoms with Crippen LogP contribution < -0.4 is 16.6 Å². The zero-order valence-electron chi connectivity index (χ0n) is 12.7. The van der Waals surface area contributed by atoms with Gasteiger partial charge in [-0.3, -0.25) is 9.36 Å². The molecule has 1 atom stereocenters. The summed E-state index contributed by atoms with van der Waals surface area (Å²) >= 11 is 5.90. The van der Waals surface area contributed by atoms with Gasteiger partial charge in [0.05, 0.1) is 10.9 Å². The number of nitrogens with two attached hydrogens (primary N) is 1. The number of nitrogens with zero attached hydrogens (tertiary/aromatic N) is 2. The molecule has 2 aromatic carbocycles. The summed E-state index contributed by atoms with van der Waals surface area (Å²) in [5.74, 6) is 0.466. The van der Waals surface area contributed by atoms with Crippen LogP contribution >= 0.6 is 11.6 Å². The number of aromatic nitrogens is 2. The van der Waals surface area contributed by atoms with Gasteiger partial charge < -0.3 is 11.1 Å². The summed E-state index contributed by atoms with van der Waals surface area (Å²) in [5, 5.41) is 4.40. The highest BCUT2D eigenvalue weighted by molar-refractivity contribution is 6.30. The van der Waals surface area contributed by atoms with E-state index in [0.717, 1.165) is 5.69 Å². The molecule has 3 rings (SSSR count). The number of anilines is 2. The fourth-order valence-corrected chi connectivity index (χ4v) is 2.51. The van der Waals surface area contributed by atoms with Gasteiger partial charge in [-0.2, -0.15) is 0 Å². The van der Waals surface area contributed by atoms with E-state index in [4.69, 9.17) is 17.3 Å². The molecular weight excluding hydrogens is 312 g/mol. The lowest BCUT2D eigenvalue weighted by atomic mass is 10.2. The van der Waals surface area contributed by atoms with Gasteiger partial charge in [0.25, 0.3) is 5.56 Å². The Hall–Kier alpha value is -2.37. The molecule has 0 aliphatic heterocycles. The van der Waals surface area contributed by atoms with Crippen molar-refractivity contribution in [2.24, 2.45) is 5.73 Å². The fraction of sp³-hybridized carbons (Fsp3) is 0.176. The largest absolute Gasteiger partial charge is 0.326 e. The van der Waals surface area contributed by atoms with Gasteiger partial charge in [0.2, 0.25) is 5.95 Å². The van der Waals surface area contributed by atoms with Crippen molar-refractivity contribution in [3.63, 3.8) is 0 Å². The summed E-state index contributed by atoms with van der Waals surface area (Å²) in [7, 11) is 0. The van der Waals surface area contributed by atoms with Crippen LogP contribution in [-0.4, -0.2) is 15.6 Å². The maximum Gasteiger partial charge on any atom is 0.262 e. The Morgan fingerprint density at radius 1 is 1.22 bits per heavy atom. The minimum absolute atomic E-state index is 0.107. The third kappa shape index (κ3) is 3.36. The number of halogens is 1. The van der Waals surface area contributed by atoms with Gasteiger partial charge in [0, 0.05) is 23.3 Å². The van der Waals surface area contributed by atoms with Gasteiger partial charge in [0.1, 0.15) is 0 Å². The Balaban J connectivity index is 2.13. The van der Waals surface area contributed by atoms with E-state index in [1.54, 1.807) is 22.8 Å². The number of hydrogen-bond acceptors (Lipinski definition) is 4. The van der Waals surface area contributed by atoms with Crippen molar-refractivity contribution in [3.05, 3.63) is 63.9 Å². The van der Waals surface area contributed by atoms with Crippen LogP contribution in [0, 0.1) is 0 Å². The van der Waals surface area contributed by atoms with Crippen molar-refractivity contribution >= 4 is 34.1 Å². The lowest BCUT2D eigenvalue weighted by molar-refractivity contribution is 0.577. The van der Waals surface area contributed by atoms with Crippen molar-refractivity contribution in [2.45, 2.75) is 19.5 Å². The summed E-state index contributed by atoms with van der Waals surface area (Å²) in [6.07, 6.45) is 0. The van der Waals surface area contributed by atoms with Gasteiger partial charge in [-0.25, -0.2) is 4.98 Å². The molecule has 0 aliphatic rings. The molecule has 118 valence electrons. The Labute approximate surface area is 138 Å². The van der Waals surface area contributed by atoms with E-state index in [9.17, 15) is 4.79 Å². The van der Waals surface area contributed by atoms with E-state index in [2.05, 4.69) is 10.3 Å². The molecule has 0 spiro atoms. The summed E-state index contributed by atoms with van der Waals surface area (Å²) in [6.45, 7) is 2.24. The lowest BCUT2D eigenvalue weighted by Gasteiger charge is -2.16. The van der Waals surface area contributed by atoms with E-state index >= 15 is 0 Å². The molecule has 23 heavy (non-hydrogen) atoms. The van der Waals surface area contributed by atoms with Crippen LogP contribution in [0.3, 0.4) is 0 Å². The molecule has 0 amide bonds. The number of nitrogens with one attached hydrogen (secondary N) is 1. The third-order valence-corrected chi connectivity index (χ3v) is 3.68. The topological polar surface area (TPSA) is 72.9 Å². The minimum Gasteiger partial charge on any atom is -0.326 e. The maximum atomic E-state index is 12.7. The first kappa shape index (κ1) is 15.5. The quantitative estimate of drug-likeness (QED) is 0.771. The van der Waals surface area contributed by atoms with Crippen molar-refractivity contribution in [1.29, 1.82) is 0 Å². The Morgan fingerprint density at radius 2 is 1.91 bits per heavy atom. The van der Waals surface area contributed by atoms with Crippen LogP contribution in [0.2, 0.25) is 5.02 Å². The zero-order chi connectivity index (χ0) is 16.4. The maximum absolute atomic E-state index is 12.7. The Bertz CT molecular complexity index is 887. The third-order valence-electron chi connectivity index (χ3n) is 3.43. The number of para-hydroxylation sites is 1. The predicted molar refractivity (Wildman–Crippen MR) is 94.4 cm³/mol. The summed E-state index contributed by atoms with van der Waals surface area (Å²) in [6, 6.07) is 14.3. The summed E-state index contributed by atoms with van der Waals surface area (Å²) < 4.78 is 1.57. The zero-order valence-corrected chi connectivity index (χ0v) is 13.4. The molecule has 0 saturated heterocycles. The van der Waals surface area contributed by atoms with Crippen LogP contribution in [0.15, 0.2) is 53.3 Å². The van der Waals surface area contributed by atoms with Crippen molar-refractivity contribution in [3.8, 4) is 0 Å². The lowest BCUT2D eigenvalue weighted by Crippen LogP contribution is -2.32. The monoisotopic (exact) mass is 328 g/mol. The number of fused-ring (bicyclic) bond motifs is 1. The highest BCUT2D eigenvalue weighted by Gasteiger charge is 2.12. The first-order valence-corrected chi connectivity index (χ1v) is 7.70. The number of benzene rings is 2. The van der Waals surface area contributed by atoms with Gasteiger partial charge in [-0.05, 0) is 43.3 Å². The Kier molecular flexibility index (Phi) is 4.32. The normalized spacial score (nSPS) is 12.3. The Morgan fingerprint density at radius 3 is 2.61 bits per heavy atom. The smallest absolute Gasteiger partial charge is 0.262 e. The molecule has 1 unspecified atom stereocenters. The van der Waals surface area contributed by atoms with Gasteiger partial charge in [0.15, 0.2) is 0 Å². The molecule has 1 heterocycles.